The Morgan fingerprint density at radius 3 is 2.50 bits per heavy atom. The maximum atomic E-state index is 14.5. The summed E-state index contributed by atoms with van der Waals surface area (Å²) in [5, 5.41) is 5.95. The summed E-state index contributed by atoms with van der Waals surface area (Å²) in [5.41, 5.74) is 3.73. The SMILES string of the molecule is Cc1ccc(C2=NN(C(=O)c3cccnc3)C(c3ccccc3F)C2)cc1.Cl. The van der Waals surface area contributed by atoms with Gasteiger partial charge in [0.15, 0.2) is 0 Å². The van der Waals surface area contributed by atoms with E-state index >= 15 is 0 Å². The number of pyridine rings is 1. The molecule has 1 aliphatic heterocycles. The van der Waals surface area contributed by atoms with E-state index in [1.54, 1.807) is 36.5 Å². The average Bonchev–Trinajstić information content (AvgIpc) is 3.14. The molecule has 0 spiro atoms. The summed E-state index contributed by atoms with van der Waals surface area (Å²) < 4.78 is 14.5. The first-order valence-corrected chi connectivity index (χ1v) is 8.76. The highest BCUT2D eigenvalue weighted by Gasteiger charge is 2.35. The van der Waals surface area contributed by atoms with Crippen LogP contribution in [0.15, 0.2) is 78.2 Å². The van der Waals surface area contributed by atoms with Gasteiger partial charge in [-0.25, -0.2) is 9.40 Å². The molecule has 6 heteroatoms. The summed E-state index contributed by atoms with van der Waals surface area (Å²) in [6.07, 6.45) is 3.56. The van der Waals surface area contributed by atoms with Crippen molar-refractivity contribution in [1.82, 2.24) is 9.99 Å². The molecule has 1 atom stereocenters. The lowest BCUT2D eigenvalue weighted by Gasteiger charge is -2.22. The van der Waals surface area contributed by atoms with Crippen molar-refractivity contribution < 1.29 is 9.18 Å². The largest absolute Gasteiger partial charge is 0.276 e. The lowest BCUT2D eigenvalue weighted by Crippen LogP contribution is -2.27. The molecule has 0 bridgehead atoms. The van der Waals surface area contributed by atoms with Crippen LogP contribution >= 0.6 is 12.4 Å². The molecule has 4 rings (SSSR count). The molecule has 1 unspecified atom stereocenters. The fourth-order valence-electron chi connectivity index (χ4n) is 3.23. The Morgan fingerprint density at radius 2 is 1.82 bits per heavy atom. The number of aromatic nitrogens is 1. The third kappa shape index (κ3) is 3.80. The number of hydrogen-bond acceptors (Lipinski definition) is 3. The lowest BCUT2D eigenvalue weighted by atomic mass is 9.97. The Bertz CT molecular complexity index is 1010. The van der Waals surface area contributed by atoms with Crippen molar-refractivity contribution in [1.29, 1.82) is 0 Å². The highest BCUT2D eigenvalue weighted by atomic mass is 35.5. The van der Waals surface area contributed by atoms with Crippen molar-refractivity contribution in [2.75, 3.05) is 0 Å². The minimum Gasteiger partial charge on any atom is -0.267 e. The quantitative estimate of drug-likeness (QED) is 0.630. The zero-order valence-electron chi connectivity index (χ0n) is 15.2. The molecular formula is C22H19ClFN3O. The molecule has 142 valence electrons. The second-order valence-corrected chi connectivity index (χ2v) is 6.55. The predicted molar refractivity (Wildman–Crippen MR) is 109 cm³/mol. The minimum atomic E-state index is -0.491. The topological polar surface area (TPSA) is 45.6 Å². The van der Waals surface area contributed by atoms with Gasteiger partial charge in [-0.15, -0.1) is 12.4 Å². The predicted octanol–water partition coefficient (Wildman–Crippen LogP) is 4.94. The standard InChI is InChI=1S/C22H18FN3O.ClH/c1-15-8-10-16(11-9-15)20-13-21(18-6-2-3-7-19(18)23)26(25-20)22(27)17-5-4-12-24-14-17;/h2-12,14,21H,13H2,1H3;1H. The zero-order chi connectivity index (χ0) is 18.8. The van der Waals surface area contributed by atoms with E-state index in [1.165, 1.54) is 17.3 Å². The van der Waals surface area contributed by atoms with Gasteiger partial charge in [-0.05, 0) is 30.7 Å². The number of halogens is 2. The Morgan fingerprint density at radius 1 is 1.07 bits per heavy atom. The Hall–Kier alpha value is -3.05. The van der Waals surface area contributed by atoms with Gasteiger partial charge < -0.3 is 0 Å². The van der Waals surface area contributed by atoms with Crippen molar-refractivity contribution in [3.05, 3.63) is 101 Å². The first kappa shape index (κ1) is 19.7. The van der Waals surface area contributed by atoms with Crippen molar-refractivity contribution in [2.45, 2.75) is 19.4 Å². The molecular weight excluding hydrogens is 377 g/mol. The molecule has 2 aromatic carbocycles. The number of nitrogens with zero attached hydrogens (tertiary/aromatic N) is 3. The Balaban J connectivity index is 0.00000225. The third-order valence-corrected chi connectivity index (χ3v) is 4.68. The summed E-state index contributed by atoms with van der Waals surface area (Å²) in [4.78, 5) is 17.0. The van der Waals surface area contributed by atoms with Crippen LogP contribution in [0.4, 0.5) is 4.39 Å². The summed E-state index contributed by atoms with van der Waals surface area (Å²) in [6, 6.07) is 17.4. The van der Waals surface area contributed by atoms with Crippen molar-refractivity contribution in [2.24, 2.45) is 5.10 Å². The van der Waals surface area contributed by atoms with Gasteiger partial charge in [-0.3, -0.25) is 9.78 Å². The molecule has 1 aromatic heterocycles. The highest BCUT2D eigenvalue weighted by molar-refractivity contribution is 6.05. The molecule has 1 amide bonds. The van der Waals surface area contributed by atoms with Gasteiger partial charge in [0.2, 0.25) is 0 Å². The summed E-state index contributed by atoms with van der Waals surface area (Å²) in [5.74, 6) is -0.634. The molecule has 0 saturated heterocycles. The fourth-order valence-corrected chi connectivity index (χ4v) is 3.23. The van der Waals surface area contributed by atoms with Crippen molar-refractivity contribution >= 4 is 24.0 Å². The van der Waals surface area contributed by atoms with Gasteiger partial charge in [-0.2, -0.15) is 5.10 Å². The van der Waals surface area contributed by atoms with E-state index < -0.39 is 6.04 Å². The number of rotatable bonds is 3. The summed E-state index contributed by atoms with van der Waals surface area (Å²) in [7, 11) is 0. The van der Waals surface area contributed by atoms with Crippen LogP contribution in [0.25, 0.3) is 0 Å². The lowest BCUT2D eigenvalue weighted by molar-refractivity contribution is 0.0708. The van der Waals surface area contributed by atoms with Gasteiger partial charge in [0.05, 0.1) is 17.3 Å². The molecule has 4 nitrogen and oxygen atoms in total. The molecule has 1 aliphatic rings. The average molecular weight is 396 g/mol. The highest BCUT2D eigenvalue weighted by Crippen LogP contribution is 2.35. The molecule has 3 aromatic rings. The normalized spacial score (nSPS) is 15.7. The van der Waals surface area contributed by atoms with Gasteiger partial charge in [0.1, 0.15) is 5.82 Å². The first-order valence-electron chi connectivity index (χ1n) is 8.76. The van der Waals surface area contributed by atoms with E-state index in [0.29, 0.717) is 17.5 Å². The smallest absolute Gasteiger partial charge is 0.267 e. The molecule has 0 aliphatic carbocycles. The van der Waals surface area contributed by atoms with E-state index in [-0.39, 0.29) is 24.1 Å². The van der Waals surface area contributed by atoms with Crippen molar-refractivity contribution in [3.8, 4) is 0 Å². The minimum absolute atomic E-state index is 0. The Kier molecular flexibility index (Phi) is 5.85. The van der Waals surface area contributed by atoms with Crippen LogP contribution in [-0.2, 0) is 0 Å². The molecule has 28 heavy (non-hydrogen) atoms. The van der Waals surface area contributed by atoms with Crippen LogP contribution in [0.5, 0.6) is 0 Å². The van der Waals surface area contributed by atoms with Gasteiger partial charge in [0.25, 0.3) is 5.91 Å². The zero-order valence-corrected chi connectivity index (χ0v) is 16.1. The van der Waals surface area contributed by atoms with E-state index in [1.807, 2.05) is 31.2 Å². The van der Waals surface area contributed by atoms with E-state index in [4.69, 9.17) is 0 Å². The van der Waals surface area contributed by atoms with Gasteiger partial charge in [-0.1, -0.05) is 48.0 Å². The van der Waals surface area contributed by atoms with Crippen LogP contribution < -0.4 is 0 Å². The van der Waals surface area contributed by atoms with Crippen LogP contribution in [0.1, 0.15) is 39.5 Å². The summed E-state index contributed by atoms with van der Waals surface area (Å²) in [6.45, 7) is 2.01. The third-order valence-electron chi connectivity index (χ3n) is 4.68. The van der Waals surface area contributed by atoms with Crippen molar-refractivity contribution in [3.63, 3.8) is 0 Å². The molecule has 0 fully saturated rings. The van der Waals surface area contributed by atoms with E-state index in [9.17, 15) is 9.18 Å². The van der Waals surface area contributed by atoms with Gasteiger partial charge >= 0.3 is 0 Å². The molecule has 2 heterocycles. The molecule has 0 N–H and O–H groups in total. The number of carbonyl (C=O) groups excluding carboxylic acids is 1. The van der Waals surface area contributed by atoms with Gasteiger partial charge in [0, 0.05) is 24.4 Å². The van der Waals surface area contributed by atoms with Crippen LogP contribution in [0.2, 0.25) is 0 Å². The van der Waals surface area contributed by atoms with E-state index in [0.717, 1.165) is 16.8 Å². The monoisotopic (exact) mass is 395 g/mol. The second-order valence-electron chi connectivity index (χ2n) is 6.55. The number of carbonyl (C=O) groups is 1. The first-order chi connectivity index (χ1) is 13.1. The van der Waals surface area contributed by atoms with Crippen LogP contribution in [-0.4, -0.2) is 21.6 Å². The number of hydrazone groups is 1. The maximum absolute atomic E-state index is 14.5. The maximum Gasteiger partial charge on any atom is 0.276 e. The van der Waals surface area contributed by atoms with Crippen LogP contribution in [0, 0.1) is 12.7 Å². The fraction of sp³-hybridized carbons (Fsp3) is 0.136. The molecule has 0 saturated carbocycles. The number of benzene rings is 2. The molecule has 0 radical (unpaired) electrons. The number of amides is 1. The van der Waals surface area contributed by atoms with E-state index in [2.05, 4.69) is 10.1 Å². The van der Waals surface area contributed by atoms with Crippen LogP contribution in [0.3, 0.4) is 0 Å². The number of hydrogen-bond donors (Lipinski definition) is 0. The Labute approximate surface area is 169 Å². The number of aryl methyl sites for hydroxylation is 1. The summed E-state index contributed by atoms with van der Waals surface area (Å²) >= 11 is 0. The second kappa shape index (κ2) is 8.31.